The predicted molar refractivity (Wildman–Crippen MR) is 92.7 cm³/mol. The van der Waals surface area contributed by atoms with Gasteiger partial charge in [0.1, 0.15) is 0 Å². The van der Waals surface area contributed by atoms with Crippen molar-refractivity contribution in [3.05, 3.63) is 40.4 Å². The normalized spacial score (nSPS) is 19.9. The van der Waals surface area contributed by atoms with Gasteiger partial charge < -0.3 is 10.0 Å². The molecule has 7 nitrogen and oxygen atoms in total. The Hall–Kier alpha value is -2.91. The molecule has 3 rings (SSSR count). The van der Waals surface area contributed by atoms with Crippen LogP contribution in [-0.4, -0.2) is 50.7 Å². The van der Waals surface area contributed by atoms with E-state index in [1.54, 1.807) is 12.1 Å². The molecule has 10 heteroatoms. The number of aryl methyl sites for hydroxylation is 2. The van der Waals surface area contributed by atoms with E-state index in [1.807, 2.05) is 13.0 Å². The zero-order valence-electron chi connectivity index (χ0n) is 15.0. The number of likely N-dealkylation sites (tertiary alicyclic amines) is 1. The molecular weight excluding hydrogens is 379 g/mol. The lowest BCUT2D eigenvalue weighted by Gasteiger charge is -2.27. The predicted octanol–water partition coefficient (Wildman–Crippen LogP) is 1.96. The van der Waals surface area contributed by atoms with E-state index in [0.29, 0.717) is 10.9 Å². The Morgan fingerprint density at radius 2 is 2.04 bits per heavy atom. The number of benzene rings is 1. The minimum absolute atomic E-state index is 0.0584. The highest BCUT2D eigenvalue weighted by Crippen LogP contribution is 2.45. The lowest BCUT2D eigenvalue weighted by Crippen LogP contribution is -2.47. The molecule has 0 spiro atoms. The number of carbonyl (C=O) groups excluding carboxylic acids is 1. The van der Waals surface area contributed by atoms with Gasteiger partial charge in [-0.2, -0.15) is 13.2 Å². The van der Waals surface area contributed by atoms with E-state index >= 15 is 0 Å². The molecule has 1 atom stereocenters. The number of rotatable bonds is 4. The van der Waals surface area contributed by atoms with Crippen LogP contribution in [0.1, 0.15) is 18.4 Å². The molecule has 1 fully saturated rings. The van der Waals surface area contributed by atoms with Crippen LogP contribution >= 0.6 is 0 Å². The Bertz CT molecular complexity index is 1000. The van der Waals surface area contributed by atoms with Crippen molar-refractivity contribution in [1.82, 2.24) is 14.5 Å². The number of hydrogen-bond donors (Lipinski definition) is 1. The average Bonchev–Trinajstić information content (AvgIpc) is 3.08. The summed E-state index contributed by atoms with van der Waals surface area (Å²) in [5.41, 5.74) is -1.92. The van der Waals surface area contributed by atoms with Crippen molar-refractivity contribution in [3.63, 3.8) is 0 Å². The van der Waals surface area contributed by atoms with E-state index in [1.165, 1.54) is 10.9 Å². The Morgan fingerprint density at radius 1 is 1.32 bits per heavy atom. The van der Waals surface area contributed by atoms with Crippen LogP contribution in [0.5, 0.6) is 0 Å². The summed E-state index contributed by atoms with van der Waals surface area (Å²) in [6.45, 7) is 0.534. The molecule has 1 aliphatic rings. The molecular formula is C18H18F3N3O4. The van der Waals surface area contributed by atoms with Crippen LogP contribution in [0.15, 0.2) is 29.3 Å². The lowest BCUT2D eigenvalue weighted by molar-refractivity contribution is -0.227. The topological polar surface area (TPSA) is 92.5 Å². The maximum Gasteiger partial charge on any atom is 0.406 e. The van der Waals surface area contributed by atoms with Crippen molar-refractivity contribution in [2.24, 2.45) is 5.41 Å². The third kappa shape index (κ3) is 3.23. The van der Waals surface area contributed by atoms with Crippen LogP contribution in [0.3, 0.4) is 0 Å². The number of aliphatic carboxylic acids is 1. The molecule has 2 heterocycles. The van der Waals surface area contributed by atoms with Crippen LogP contribution in [0.2, 0.25) is 0 Å². The van der Waals surface area contributed by atoms with E-state index in [2.05, 4.69) is 4.98 Å². The first-order valence-electron chi connectivity index (χ1n) is 8.59. The molecule has 0 bridgehead atoms. The van der Waals surface area contributed by atoms with Gasteiger partial charge in [0.2, 0.25) is 5.91 Å². The first-order valence-corrected chi connectivity index (χ1v) is 8.59. The Balaban J connectivity index is 1.73. The summed E-state index contributed by atoms with van der Waals surface area (Å²) < 4.78 is 40.9. The average molecular weight is 397 g/mol. The second kappa shape index (κ2) is 6.92. The summed E-state index contributed by atoms with van der Waals surface area (Å²) >= 11 is 0. The molecule has 0 saturated carbocycles. The fourth-order valence-corrected chi connectivity index (χ4v) is 3.42. The number of nitrogens with zero attached hydrogens (tertiary/aromatic N) is 3. The maximum absolute atomic E-state index is 13.2. The number of hydrogen-bond acceptors (Lipinski definition) is 4. The SMILES string of the molecule is Cc1cccc2c(=O)n(CCC(=O)N3CCC(C(=O)O)(C(F)(F)F)C3)cnc12. The van der Waals surface area contributed by atoms with Gasteiger partial charge in [-0.1, -0.05) is 12.1 Å². The highest BCUT2D eigenvalue weighted by molar-refractivity contribution is 5.82. The molecule has 0 radical (unpaired) electrons. The van der Waals surface area contributed by atoms with E-state index in [0.717, 1.165) is 10.5 Å². The van der Waals surface area contributed by atoms with Gasteiger partial charge in [0.05, 0.1) is 17.2 Å². The van der Waals surface area contributed by atoms with E-state index in [9.17, 15) is 27.6 Å². The second-order valence-corrected chi connectivity index (χ2v) is 6.91. The van der Waals surface area contributed by atoms with Crippen molar-refractivity contribution in [2.45, 2.75) is 32.5 Å². The smallest absolute Gasteiger partial charge is 0.406 e. The summed E-state index contributed by atoms with van der Waals surface area (Å²) in [7, 11) is 0. The molecule has 1 aromatic carbocycles. The number of para-hydroxylation sites is 1. The standard InChI is InChI=1S/C18H18F3N3O4/c1-11-3-2-4-12-14(11)22-10-24(15(12)26)7-5-13(25)23-8-6-17(9-23,16(27)28)18(19,20)21/h2-4,10H,5-9H2,1H3,(H,27,28). The number of amides is 1. The molecule has 1 aromatic heterocycles. The molecule has 1 unspecified atom stereocenters. The molecule has 1 saturated heterocycles. The van der Waals surface area contributed by atoms with Gasteiger partial charge in [0, 0.05) is 26.1 Å². The monoisotopic (exact) mass is 397 g/mol. The molecule has 1 N–H and O–H groups in total. The molecule has 2 aromatic rings. The molecule has 1 amide bonds. The third-order valence-corrected chi connectivity index (χ3v) is 5.20. The number of carboxylic acids is 1. The largest absolute Gasteiger partial charge is 0.481 e. The van der Waals surface area contributed by atoms with E-state index in [4.69, 9.17) is 5.11 Å². The van der Waals surface area contributed by atoms with Crippen molar-refractivity contribution in [1.29, 1.82) is 0 Å². The van der Waals surface area contributed by atoms with Crippen molar-refractivity contribution < 1.29 is 27.9 Å². The van der Waals surface area contributed by atoms with Gasteiger partial charge >= 0.3 is 12.1 Å². The van der Waals surface area contributed by atoms with Crippen LogP contribution in [0.4, 0.5) is 13.2 Å². The van der Waals surface area contributed by atoms with Crippen LogP contribution in [0, 0.1) is 12.3 Å². The first kappa shape index (κ1) is 19.8. The van der Waals surface area contributed by atoms with Crippen molar-refractivity contribution >= 4 is 22.8 Å². The molecule has 28 heavy (non-hydrogen) atoms. The number of carboxylic acid groups (broad SMARTS) is 1. The molecule has 0 aliphatic carbocycles. The number of aromatic nitrogens is 2. The van der Waals surface area contributed by atoms with E-state index < -0.39 is 36.4 Å². The lowest BCUT2D eigenvalue weighted by atomic mass is 9.86. The number of alkyl halides is 3. The Labute approximate surface area is 157 Å². The fourth-order valence-electron chi connectivity index (χ4n) is 3.42. The van der Waals surface area contributed by atoms with Gasteiger partial charge in [-0.05, 0) is 25.0 Å². The highest BCUT2D eigenvalue weighted by Gasteiger charge is 2.64. The van der Waals surface area contributed by atoms with Gasteiger partial charge in [0.15, 0.2) is 5.41 Å². The summed E-state index contributed by atoms with van der Waals surface area (Å²) in [5.74, 6) is -2.62. The maximum atomic E-state index is 13.2. The Kier molecular flexibility index (Phi) is 4.90. The minimum atomic E-state index is -4.95. The zero-order valence-corrected chi connectivity index (χ0v) is 15.0. The van der Waals surface area contributed by atoms with Gasteiger partial charge in [0.25, 0.3) is 5.56 Å². The van der Waals surface area contributed by atoms with Gasteiger partial charge in [-0.15, -0.1) is 0 Å². The Morgan fingerprint density at radius 3 is 2.64 bits per heavy atom. The third-order valence-electron chi connectivity index (χ3n) is 5.20. The number of halogens is 3. The summed E-state index contributed by atoms with van der Waals surface area (Å²) in [6.07, 6.45) is -4.57. The van der Waals surface area contributed by atoms with Crippen LogP contribution in [-0.2, 0) is 16.1 Å². The molecule has 1 aliphatic heterocycles. The first-order chi connectivity index (χ1) is 13.1. The summed E-state index contributed by atoms with van der Waals surface area (Å²) in [4.78, 5) is 41.1. The van der Waals surface area contributed by atoms with Gasteiger partial charge in [-0.25, -0.2) is 4.98 Å². The minimum Gasteiger partial charge on any atom is -0.481 e. The zero-order chi connectivity index (χ0) is 20.7. The van der Waals surface area contributed by atoms with Gasteiger partial charge in [-0.3, -0.25) is 19.0 Å². The summed E-state index contributed by atoms with van der Waals surface area (Å²) in [5, 5.41) is 9.44. The fraction of sp³-hybridized carbons (Fsp3) is 0.444. The second-order valence-electron chi connectivity index (χ2n) is 6.91. The van der Waals surface area contributed by atoms with Crippen LogP contribution in [0.25, 0.3) is 10.9 Å². The van der Waals surface area contributed by atoms with E-state index in [-0.39, 0.29) is 25.1 Å². The number of fused-ring (bicyclic) bond motifs is 1. The number of carbonyl (C=O) groups is 2. The quantitative estimate of drug-likeness (QED) is 0.852. The highest BCUT2D eigenvalue weighted by atomic mass is 19.4. The van der Waals surface area contributed by atoms with Crippen molar-refractivity contribution in [3.8, 4) is 0 Å². The van der Waals surface area contributed by atoms with Crippen LogP contribution < -0.4 is 5.56 Å². The van der Waals surface area contributed by atoms with Crippen molar-refractivity contribution in [2.75, 3.05) is 13.1 Å². The summed E-state index contributed by atoms with van der Waals surface area (Å²) in [6, 6.07) is 5.13. The molecule has 150 valence electrons.